The first-order valence-electron chi connectivity index (χ1n) is 6.45. The Hall–Kier alpha value is -1.06. The monoisotopic (exact) mass is 228 g/mol. The van der Waals surface area contributed by atoms with Gasteiger partial charge >= 0.3 is 0 Å². The van der Waals surface area contributed by atoms with Crippen LogP contribution in [0.25, 0.3) is 0 Å². The number of nitrogens with two attached hydrogens (primary N) is 2. The van der Waals surface area contributed by atoms with E-state index in [0.29, 0.717) is 11.6 Å². The summed E-state index contributed by atoms with van der Waals surface area (Å²) in [6, 6.07) is 0. The van der Waals surface area contributed by atoms with Gasteiger partial charge in [0, 0.05) is 13.1 Å². The molecule has 0 radical (unpaired) electrons. The minimum Gasteiger partial charge on any atom is -0.383 e. The molecule has 4 heteroatoms. The lowest BCUT2D eigenvalue weighted by Crippen LogP contribution is -2.32. The number of nitrogens with one attached hydrogen (secondary N) is 2. The Balaban J connectivity index is 3.60. The van der Waals surface area contributed by atoms with Crippen LogP contribution >= 0.6 is 0 Å². The maximum atomic E-state index is 5.80. The zero-order valence-corrected chi connectivity index (χ0v) is 10.8. The van der Waals surface area contributed by atoms with Gasteiger partial charge < -0.3 is 22.1 Å². The van der Waals surface area contributed by atoms with E-state index in [9.17, 15) is 0 Å². The highest BCUT2D eigenvalue weighted by atomic mass is 15.1. The molecule has 0 aliphatic rings. The second-order valence-corrected chi connectivity index (χ2v) is 4.10. The van der Waals surface area contributed by atoms with Gasteiger partial charge in [0.2, 0.25) is 0 Å². The molecule has 0 spiro atoms. The maximum absolute atomic E-state index is 5.80. The lowest BCUT2D eigenvalue weighted by Gasteiger charge is -2.11. The van der Waals surface area contributed by atoms with E-state index in [2.05, 4.69) is 24.5 Å². The van der Waals surface area contributed by atoms with E-state index in [-0.39, 0.29) is 0 Å². The fraction of sp³-hybridized carbons (Fsp3) is 0.833. The summed E-state index contributed by atoms with van der Waals surface area (Å²) in [4.78, 5) is 0. The summed E-state index contributed by atoms with van der Waals surface area (Å²) in [5.74, 6) is 1.15. The van der Waals surface area contributed by atoms with Gasteiger partial charge in [-0.15, -0.1) is 0 Å². The van der Waals surface area contributed by atoms with Crippen LogP contribution in [0.4, 0.5) is 0 Å². The molecule has 16 heavy (non-hydrogen) atoms. The second kappa shape index (κ2) is 10.5. The van der Waals surface area contributed by atoms with Crippen molar-refractivity contribution in [2.45, 2.75) is 52.4 Å². The van der Waals surface area contributed by atoms with Gasteiger partial charge in [0.05, 0.1) is 0 Å². The van der Waals surface area contributed by atoms with Crippen molar-refractivity contribution in [3.63, 3.8) is 0 Å². The largest absolute Gasteiger partial charge is 0.383 e. The lowest BCUT2D eigenvalue weighted by molar-refractivity contribution is 0.631. The Morgan fingerprint density at radius 1 is 0.750 bits per heavy atom. The first-order chi connectivity index (χ1) is 7.72. The molecule has 96 valence electrons. The molecule has 0 heterocycles. The van der Waals surface area contributed by atoms with Crippen molar-refractivity contribution in [1.82, 2.24) is 10.6 Å². The van der Waals surface area contributed by atoms with E-state index in [1.165, 1.54) is 25.7 Å². The van der Waals surface area contributed by atoms with Crippen molar-refractivity contribution >= 4 is 0 Å². The molecule has 0 aliphatic heterocycles. The normalized spacial score (nSPS) is 12.1. The average Bonchev–Trinajstić information content (AvgIpc) is 2.29. The third-order valence-electron chi connectivity index (χ3n) is 2.48. The maximum Gasteiger partial charge on any atom is 0.137 e. The van der Waals surface area contributed by atoms with Gasteiger partial charge in [-0.25, -0.2) is 0 Å². The van der Waals surface area contributed by atoms with Crippen molar-refractivity contribution < 1.29 is 0 Å². The van der Waals surface area contributed by atoms with E-state index in [1.54, 1.807) is 0 Å². The fourth-order valence-electron chi connectivity index (χ4n) is 1.39. The molecule has 0 bridgehead atoms. The molecule has 0 rings (SSSR count). The Bertz CT molecular complexity index is 169. The summed E-state index contributed by atoms with van der Waals surface area (Å²) >= 11 is 0. The highest BCUT2D eigenvalue weighted by Crippen LogP contribution is 1.94. The van der Waals surface area contributed by atoms with Crippen LogP contribution in [0.15, 0.2) is 11.6 Å². The Labute approximate surface area is 99.8 Å². The Morgan fingerprint density at radius 3 is 1.44 bits per heavy atom. The molecular weight excluding hydrogens is 200 g/mol. The summed E-state index contributed by atoms with van der Waals surface area (Å²) in [7, 11) is 0. The Kier molecular flexibility index (Phi) is 9.76. The van der Waals surface area contributed by atoms with Gasteiger partial charge in [0.15, 0.2) is 0 Å². The molecule has 0 aromatic rings. The first kappa shape index (κ1) is 14.9. The topological polar surface area (TPSA) is 76.1 Å². The third-order valence-corrected chi connectivity index (χ3v) is 2.48. The summed E-state index contributed by atoms with van der Waals surface area (Å²) in [5, 5.41) is 6.26. The summed E-state index contributed by atoms with van der Waals surface area (Å²) in [6.45, 7) is 6.17. The van der Waals surface area contributed by atoms with Gasteiger partial charge in [0.25, 0.3) is 0 Å². The molecule has 4 nitrogen and oxygen atoms in total. The number of hydrogen-bond acceptors (Lipinski definition) is 4. The summed E-state index contributed by atoms with van der Waals surface area (Å²) in [6.07, 6.45) is 7.17. The lowest BCUT2D eigenvalue weighted by atomic mass is 10.2. The van der Waals surface area contributed by atoms with Crippen LogP contribution in [0.5, 0.6) is 0 Å². The first-order valence-corrected chi connectivity index (χ1v) is 6.45. The SMILES string of the molecule is CCCCCN/C(N)=C(/N)NCCCCC. The number of rotatable bonds is 10. The molecule has 0 aromatic carbocycles. The van der Waals surface area contributed by atoms with E-state index in [1.807, 2.05) is 0 Å². The zero-order chi connectivity index (χ0) is 12.2. The zero-order valence-electron chi connectivity index (χ0n) is 10.8. The van der Waals surface area contributed by atoms with Crippen molar-refractivity contribution in [2.75, 3.05) is 13.1 Å². The van der Waals surface area contributed by atoms with Gasteiger partial charge in [-0.3, -0.25) is 0 Å². The quantitative estimate of drug-likeness (QED) is 0.428. The summed E-state index contributed by atoms with van der Waals surface area (Å²) in [5.41, 5.74) is 11.6. The van der Waals surface area contributed by atoms with Crippen LogP contribution in [0, 0.1) is 0 Å². The molecule has 0 saturated heterocycles. The van der Waals surface area contributed by atoms with Gasteiger partial charge in [-0.05, 0) is 12.8 Å². The molecule has 0 unspecified atom stereocenters. The van der Waals surface area contributed by atoms with Gasteiger partial charge in [-0.1, -0.05) is 39.5 Å². The van der Waals surface area contributed by atoms with Crippen molar-refractivity contribution in [1.29, 1.82) is 0 Å². The van der Waals surface area contributed by atoms with Gasteiger partial charge in [-0.2, -0.15) is 0 Å². The number of unbranched alkanes of at least 4 members (excludes halogenated alkanes) is 4. The van der Waals surface area contributed by atoms with Crippen molar-refractivity contribution in [3.05, 3.63) is 11.6 Å². The predicted octanol–water partition coefficient (Wildman–Crippen LogP) is 1.59. The van der Waals surface area contributed by atoms with Crippen LogP contribution in [-0.4, -0.2) is 13.1 Å². The smallest absolute Gasteiger partial charge is 0.137 e. The molecule has 0 saturated carbocycles. The fourth-order valence-corrected chi connectivity index (χ4v) is 1.39. The molecule has 0 aromatic heterocycles. The standard InChI is InChI=1S/C12H28N4/c1-3-5-7-9-15-11(13)12(14)16-10-8-6-4-2/h15-16H,3-10,13-14H2,1-2H3/b12-11-. The molecule has 0 aliphatic carbocycles. The summed E-state index contributed by atoms with van der Waals surface area (Å²) < 4.78 is 0. The molecule has 0 atom stereocenters. The second-order valence-electron chi connectivity index (χ2n) is 4.10. The number of hydrogen-bond donors (Lipinski definition) is 4. The molecule has 0 fully saturated rings. The van der Waals surface area contributed by atoms with Crippen LogP contribution < -0.4 is 22.1 Å². The highest BCUT2D eigenvalue weighted by molar-refractivity contribution is 5.02. The Morgan fingerprint density at radius 2 is 1.12 bits per heavy atom. The van der Waals surface area contributed by atoms with Crippen LogP contribution in [0.1, 0.15) is 52.4 Å². The molecule has 6 N–H and O–H groups in total. The van der Waals surface area contributed by atoms with Crippen LogP contribution in [-0.2, 0) is 0 Å². The minimum absolute atomic E-state index is 0.576. The van der Waals surface area contributed by atoms with E-state index >= 15 is 0 Å². The average molecular weight is 228 g/mol. The van der Waals surface area contributed by atoms with Crippen molar-refractivity contribution in [2.24, 2.45) is 11.5 Å². The van der Waals surface area contributed by atoms with Crippen molar-refractivity contribution in [3.8, 4) is 0 Å². The highest BCUT2D eigenvalue weighted by Gasteiger charge is 1.97. The van der Waals surface area contributed by atoms with Crippen LogP contribution in [0.3, 0.4) is 0 Å². The minimum atomic E-state index is 0.576. The molecular formula is C12H28N4. The van der Waals surface area contributed by atoms with Crippen LogP contribution in [0.2, 0.25) is 0 Å². The predicted molar refractivity (Wildman–Crippen MR) is 70.5 cm³/mol. The van der Waals surface area contributed by atoms with E-state index in [0.717, 1.165) is 25.9 Å². The van der Waals surface area contributed by atoms with E-state index < -0.39 is 0 Å². The van der Waals surface area contributed by atoms with E-state index in [4.69, 9.17) is 11.5 Å². The third kappa shape index (κ3) is 8.26. The molecule has 0 amide bonds. The van der Waals surface area contributed by atoms with Gasteiger partial charge in [0.1, 0.15) is 11.6 Å².